The van der Waals surface area contributed by atoms with Gasteiger partial charge in [0, 0.05) is 50.5 Å². The van der Waals surface area contributed by atoms with Crippen molar-refractivity contribution in [1.29, 1.82) is 0 Å². The summed E-state index contributed by atoms with van der Waals surface area (Å²) in [6.07, 6.45) is 0. The molecule has 0 aliphatic carbocycles. The molecule has 0 fully saturated rings. The third-order valence-electron chi connectivity index (χ3n) is 13.2. The van der Waals surface area contributed by atoms with Gasteiger partial charge in [0.05, 0.1) is 49.0 Å². The van der Waals surface area contributed by atoms with Gasteiger partial charge in [0.15, 0.2) is 22.3 Å². The molecule has 0 unspecified atom stereocenters. The van der Waals surface area contributed by atoms with Crippen LogP contribution in [0.5, 0.6) is 17.2 Å². The number of ether oxygens (including phenoxy) is 3. The van der Waals surface area contributed by atoms with Gasteiger partial charge in [-0.2, -0.15) is 0 Å². The van der Waals surface area contributed by atoms with Crippen LogP contribution in [0, 0.1) is 0 Å². The zero-order valence-corrected chi connectivity index (χ0v) is 44.6. The number of carboxylic acids is 4. The number of aromatic carboxylic acids is 4. The van der Waals surface area contributed by atoms with E-state index >= 15 is 0 Å². The van der Waals surface area contributed by atoms with Crippen molar-refractivity contribution < 1.29 is 71.9 Å². The number of hydrogen-bond donors (Lipinski definition) is 4. The van der Waals surface area contributed by atoms with Gasteiger partial charge in [-0.1, -0.05) is 106 Å². The van der Waals surface area contributed by atoms with E-state index in [4.69, 9.17) is 52.7 Å². The Labute approximate surface area is 475 Å². The van der Waals surface area contributed by atoms with Gasteiger partial charge in [-0.15, -0.1) is 0 Å². The third kappa shape index (κ3) is 12.1. The Hall–Kier alpha value is -11.9. The molecule has 0 aliphatic heterocycles. The van der Waals surface area contributed by atoms with Crippen LogP contribution in [-0.4, -0.2) is 86.3 Å². The summed E-state index contributed by atoms with van der Waals surface area (Å²) in [7, 11) is 4.75. The first-order chi connectivity index (χ1) is 40.8. The number of benzene rings is 9. The van der Waals surface area contributed by atoms with E-state index < -0.39 is 23.9 Å². The summed E-state index contributed by atoms with van der Waals surface area (Å²) < 4.78 is 36.7. The topological polar surface area (TPSA) is 281 Å². The number of aromatic nitrogens is 4. The minimum atomic E-state index is -0.975. The second-order valence-corrected chi connectivity index (χ2v) is 18.3. The summed E-state index contributed by atoms with van der Waals surface area (Å²) in [6, 6.07) is 58.5. The molecule has 84 heavy (non-hydrogen) atoms. The second-order valence-electron chi connectivity index (χ2n) is 18.3. The monoisotopic (exact) mass is 1120 g/mol. The van der Waals surface area contributed by atoms with Crippen LogP contribution < -0.4 is 14.2 Å². The molecule has 0 radical (unpaired) electrons. The second kappa shape index (κ2) is 24.7. The highest BCUT2D eigenvalue weighted by Gasteiger charge is 2.18. The molecule has 13 aromatic rings. The molecule has 0 saturated heterocycles. The minimum Gasteiger partial charge on any atom is -0.497 e. The molecule has 13 rings (SSSR count). The Morgan fingerprint density at radius 2 is 0.655 bits per heavy atom. The normalized spacial score (nSPS) is 10.7. The van der Waals surface area contributed by atoms with E-state index in [1.807, 2.05) is 84.9 Å². The molecule has 9 aromatic carbocycles. The fraction of sp³-hybridized carbons (Fsp3) is 0.0462. The van der Waals surface area contributed by atoms with Crippen LogP contribution in [0.4, 0.5) is 0 Å². The highest BCUT2D eigenvalue weighted by molar-refractivity contribution is 5.99. The number of fused-ring (bicyclic) bond motifs is 4. The van der Waals surface area contributed by atoms with Crippen molar-refractivity contribution in [2.24, 2.45) is 0 Å². The molecule has 416 valence electrons. The van der Waals surface area contributed by atoms with Crippen molar-refractivity contribution in [3.63, 3.8) is 0 Å². The molecule has 0 atom stereocenters. The maximum atomic E-state index is 11.1. The third-order valence-corrected chi connectivity index (χ3v) is 13.2. The molecule has 0 amide bonds. The van der Waals surface area contributed by atoms with Crippen molar-refractivity contribution >= 4 is 67.8 Å². The average Bonchev–Trinajstić information content (AvgIpc) is 4.15. The van der Waals surface area contributed by atoms with Crippen molar-refractivity contribution in [2.45, 2.75) is 0 Å². The van der Waals surface area contributed by atoms with E-state index in [1.165, 1.54) is 12.1 Å². The molecule has 0 spiro atoms. The highest BCUT2D eigenvalue weighted by Crippen LogP contribution is 2.35. The molecule has 19 nitrogen and oxygen atoms in total. The number of rotatable bonds is 12. The van der Waals surface area contributed by atoms with Gasteiger partial charge in [-0.25, -0.2) is 19.2 Å². The van der Waals surface area contributed by atoms with Crippen LogP contribution in [0.2, 0.25) is 0 Å². The van der Waals surface area contributed by atoms with Crippen molar-refractivity contribution in [3.8, 4) is 73.4 Å². The summed E-state index contributed by atoms with van der Waals surface area (Å²) in [4.78, 5) is 44.0. The first-order valence-electron chi connectivity index (χ1n) is 25.4. The Balaban J connectivity index is 0.000000125. The summed E-state index contributed by atoms with van der Waals surface area (Å²) in [5.41, 5.74) is 11.0. The van der Waals surface area contributed by atoms with E-state index in [0.717, 1.165) is 43.8 Å². The van der Waals surface area contributed by atoms with Crippen LogP contribution in [0.1, 0.15) is 41.4 Å². The Morgan fingerprint density at radius 1 is 0.298 bits per heavy atom. The van der Waals surface area contributed by atoms with Crippen LogP contribution >= 0.6 is 0 Å². The minimum absolute atomic E-state index is 0.210. The molecule has 0 bridgehead atoms. The Kier molecular flexibility index (Phi) is 16.3. The predicted octanol–water partition coefficient (Wildman–Crippen LogP) is 14.5. The standard InChI is InChI=1S/C20H13NO3.3C15H11NO4/c22-20(23)16-8-4-7-15(11-16)19-17-10-9-14(12-18(17)24-21-19)13-5-2-1-3-6-13;1-19-11-6-7-12-13(8-11)20-16-14(12)9-2-4-10(5-3-9)15(17)18;1-19-11-5-6-13-12(8-11)14(16-20-13)9-3-2-4-10(7-9)15(17)18;1-19-11-5-6-12-13(8-11)20-16-14(12)9-3-2-4-10(7-9)15(17)18/h1-12H,(H,22,23);3*2-8H,1H3,(H,17,18). The molecular formula is C65H46N4O15. The maximum Gasteiger partial charge on any atom is 0.335 e. The quantitative estimate of drug-likeness (QED) is 0.0884. The highest BCUT2D eigenvalue weighted by atomic mass is 16.5. The van der Waals surface area contributed by atoms with E-state index in [2.05, 4.69) is 20.6 Å². The fourth-order valence-corrected chi connectivity index (χ4v) is 8.88. The smallest absolute Gasteiger partial charge is 0.335 e. The van der Waals surface area contributed by atoms with Crippen molar-refractivity contribution in [2.75, 3.05) is 21.3 Å². The lowest BCUT2D eigenvalue weighted by Gasteiger charge is -2.02. The van der Waals surface area contributed by atoms with Crippen molar-refractivity contribution in [3.05, 3.63) is 222 Å². The van der Waals surface area contributed by atoms with Gasteiger partial charge >= 0.3 is 23.9 Å². The Bertz CT molecular complexity index is 4540. The van der Waals surface area contributed by atoms with Crippen LogP contribution in [0.25, 0.3) is 100 Å². The summed E-state index contributed by atoms with van der Waals surface area (Å²) in [6.45, 7) is 0. The zero-order chi connectivity index (χ0) is 58.9. The predicted molar refractivity (Wildman–Crippen MR) is 311 cm³/mol. The lowest BCUT2D eigenvalue weighted by Crippen LogP contribution is -1.95. The number of hydrogen-bond acceptors (Lipinski definition) is 15. The number of carboxylic acid groups (broad SMARTS) is 4. The molecule has 4 N–H and O–H groups in total. The molecule has 19 heteroatoms. The van der Waals surface area contributed by atoms with E-state index in [0.29, 0.717) is 73.5 Å². The molecule has 4 heterocycles. The summed E-state index contributed by atoms with van der Waals surface area (Å²) >= 11 is 0. The van der Waals surface area contributed by atoms with Crippen LogP contribution in [0.15, 0.2) is 218 Å². The molecule has 0 saturated carbocycles. The fourth-order valence-electron chi connectivity index (χ4n) is 8.88. The van der Waals surface area contributed by atoms with Crippen molar-refractivity contribution in [1.82, 2.24) is 20.6 Å². The summed E-state index contributed by atoms with van der Waals surface area (Å²) in [5, 5.41) is 55.6. The first-order valence-corrected chi connectivity index (χ1v) is 25.4. The average molecular weight is 1120 g/mol. The van der Waals surface area contributed by atoms with Gasteiger partial charge in [0.25, 0.3) is 0 Å². The largest absolute Gasteiger partial charge is 0.497 e. The van der Waals surface area contributed by atoms with Gasteiger partial charge in [-0.3, -0.25) is 0 Å². The SMILES string of the molecule is COc1ccc2c(-c3ccc(C(=O)O)cc3)noc2c1.COc1ccc2c(-c3cccc(C(=O)O)c3)noc2c1.COc1ccc2onc(-c3cccc(C(=O)O)c3)c2c1.O=C(O)c1cccc(-c2noc3cc(-c4ccccc4)ccc23)c1. The molecule has 4 aromatic heterocycles. The lowest BCUT2D eigenvalue weighted by atomic mass is 10.0. The first kappa shape index (κ1) is 55.5. The van der Waals surface area contributed by atoms with Crippen LogP contribution in [-0.2, 0) is 0 Å². The maximum absolute atomic E-state index is 11.1. The molecular weight excluding hydrogens is 1080 g/mol. The van der Waals surface area contributed by atoms with E-state index in [-0.39, 0.29) is 22.3 Å². The van der Waals surface area contributed by atoms with Crippen LogP contribution in [0.3, 0.4) is 0 Å². The zero-order valence-electron chi connectivity index (χ0n) is 44.6. The Morgan fingerprint density at radius 3 is 1.10 bits per heavy atom. The number of carbonyl (C=O) groups is 4. The van der Waals surface area contributed by atoms with E-state index in [1.54, 1.807) is 124 Å². The van der Waals surface area contributed by atoms with E-state index in [9.17, 15) is 19.2 Å². The van der Waals surface area contributed by atoms with Gasteiger partial charge in [0.2, 0.25) is 0 Å². The molecule has 0 aliphatic rings. The van der Waals surface area contributed by atoms with Gasteiger partial charge < -0.3 is 52.7 Å². The summed E-state index contributed by atoms with van der Waals surface area (Å²) in [5.74, 6) is -1.79. The van der Waals surface area contributed by atoms with Gasteiger partial charge in [-0.05, 0) is 114 Å². The number of methoxy groups -OCH3 is 3. The number of nitrogens with zero attached hydrogens (tertiary/aromatic N) is 4. The van der Waals surface area contributed by atoms with Gasteiger partial charge in [0.1, 0.15) is 40.0 Å². The lowest BCUT2D eigenvalue weighted by molar-refractivity contribution is 0.0686.